The molecule has 0 aliphatic carbocycles. The number of aryl methyl sites for hydroxylation is 1. The van der Waals surface area contributed by atoms with E-state index in [1.807, 2.05) is 32.2 Å². The number of hydrogen-bond donors (Lipinski definition) is 0. The first-order valence-corrected chi connectivity index (χ1v) is 5.19. The van der Waals surface area contributed by atoms with Crippen molar-refractivity contribution in [2.75, 3.05) is 0 Å². The van der Waals surface area contributed by atoms with Crippen LogP contribution in [-0.2, 0) is 0 Å². The summed E-state index contributed by atoms with van der Waals surface area (Å²) in [5, 5.41) is 0. The molecule has 0 saturated heterocycles. The Labute approximate surface area is 91.4 Å². The standard InChI is InChI=1S/C11H11BrN2/c1-7(2)11-8(3)13-10-5-4-9(12)6-14(10)11/h4-6H,1H2,2-3H3. The maximum absolute atomic E-state index is 4.46. The van der Waals surface area contributed by atoms with Gasteiger partial charge in [0.1, 0.15) is 5.65 Å². The third-order valence-electron chi connectivity index (χ3n) is 2.16. The monoisotopic (exact) mass is 250 g/mol. The first kappa shape index (κ1) is 9.46. The lowest BCUT2D eigenvalue weighted by Gasteiger charge is -2.01. The Morgan fingerprint density at radius 1 is 1.50 bits per heavy atom. The van der Waals surface area contributed by atoms with Gasteiger partial charge in [-0.15, -0.1) is 0 Å². The van der Waals surface area contributed by atoms with E-state index in [4.69, 9.17) is 0 Å². The molecule has 14 heavy (non-hydrogen) atoms. The molecule has 72 valence electrons. The maximum Gasteiger partial charge on any atom is 0.137 e. The molecule has 0 aliphatic heterocycles. The Hall–Kier alpha value is -1.09. The Morgan fingerprint density at radius 2 is 2.21 bits per heavy atom. The van der Waals surface area contributed by atoms with Gasteiger partial charge >= 0.3 is 0 Å². The summed E-state index contributed by atoms with van der Waals surface area (Å²) >= 11 is 3.45. The molecule has 0 unspecified atom stereocenters. The van der Waals surface area contributed by atoms with E-state index < -0.39 is 0 Å². The van der Waals surface area contributed by atoms with Gasteiger partial charge in [0.2, 0.25) is 0 Å². The SMILES string of the molecule is C=C(C)c1c(C)nc2ccc(Br)cn12. The van der Waals surface area contributed by atoms with Crippen molar-refractivity contribution in [3.05, 3.63) is 40.8 Å². The van der Waals surface area contributed by atoms with Crippen molar-refractivity contribution >= 4 is 27.2 Å². The van der Waals surface area contributed by atoms with Crippen molar-refractivity contribution in [1.29, 1.82) is 0 Å². The molecule has 2 nitrogen and oxygen atoms in total. The molecule has 0 atom stereocenters. The zero-order valence-electron chi connectivity index (χ0n) is 8.21. The molecule has 2 aromatic heterocycles. The maximum atomic E-state index is 4.46. The topological polar surface area (TPSA) is 17.3 Å². The number of allylic oxidation sites excluding steroid dienone is 1. The van der Waals surface area contributed by atoms with E-state index in [1.165, 1.54) is 0 Å². The normalized spacial score (nSPS) is 10.8. The summed E-state index contributed by atoms with van der Waals surface area (Å²) in [6, 6.07) is 3.98. The number of halogens is 1. The number of hydrogen-bond acceptors (Lipinski definition) is 1. The zero-order valence-corrected chi connectivity index (χ0v) is 9.80. The second-order valence-corrected chi connectivity index (χ2v) is 4.32. The molecular formula is C11H11BrN2. The van der Waals surface area contributed by atoms with Crippen molar-refractivity contribution in [3.8, 4) is 0 Å². The lowest BCUT2D eigenvalue weighted by atomic mass is 10.2. The fraction of sp³-hybridized carbons (Fsp3) is 0.182. The van der Waals surface area contributed by atoms with E-state index in [0.29, 0.717) is 0 Å². The molecular weight excluding hydrogens is 240 g/mol. The van der Waals surface area contributed by atoms with E-state index in [-0.39, 0.29) is 0 Å². The minimum atomic E-state index is 0.962. The van der Waals surface area contributed by atoms with Gasteiger partial charge in [-0.05, 0) is 47.5 Å². The summed E-state index contributed by atoms with van der Waals surface area (Å²) in [4.78, 5) is 4.46. The Bertz CT molecular complexity index is 511. The van der Waals surface area contributed by atoms with Crippen LogP contribution in [0.3, 0.4) is 0 Å². The molecule has 3 heteroatoms. The number of imidazole rings is 1. The third-order valence-corrected chi connectivity index (χ3v) is 2.63. The fourth-order valence-corrected chi connectivity index (χ4v) is 1.99. The van der Waals surface area contributed by atoms with Crippen LogP contribution in [-0.4, -0.2) is 9.38 Å². The van der Waals surface area contributed by atoms with Gasteiger partial charge in [0.25, 0.3) is 0 Å². The van der Waals surface area contributed by atoms with Gasteiger partial charge in [0.15, 0.2) is 0 Å². The summed E-state index contributed by atoms with van der Waals surface area (Å²) in [6.07, 6.45) is 2.01. The zero-order chi connectivity index (χ0) is 10.3. The minimum absolute atomic E-state index is 0.962. The lowest BCUT2D eigenvalue weighted by Crippen LogP contribution is -1.90. The van der Waals surface area contributed by atoms with Crippen LogP contribution < -0.4 is 0 Å². The average Bonchev–Trinajstić information content (AvgIpc) is 2.40. The molecule has 0 radical (unpaired) electrons. The molecule has 0 saturated carbocycles. The highest BCUT2D eigenvalue weighted by Crippen LogP contribution is 2.21. The fourth-order valence-electron chi connectivity index (χ4n) is 1.65. The van der Waals surface area contributed by atoms with E-state index >= 15 is 0 Å². The number of fused-ring (bicyclic) bond motifs is 1. The summed E-state index contributed by atoms with van der Waals surface area (Å²) < 4.78 is 3.10. The molecule has 2 aromatic rings. The number of rotatable bonds is 1. The predicted molar refractivity (Wildman–Crippen MR) is 62.3 cm³/mol. The highest BCUT2D eigenvalue weighted by Gasteiger charge is 2.08. The average molecular weight is 251 g/mol. The molecule has 0 spiro atoms. The van der Waals surface area contributed by atoms with Gasteiger partial charge in [0.05, 0.1) is 11.4 Å². The van der Waals surface area contributed by atoms with Crippen LogP contribution in [0.2, 0.25) is 0 Å². The molecule has 0 aromatic carbocycles. The van der Waals surface area contributed by atoms with Gasteiger partial charge < -0.3 is 0 Å². The number of nitrogens with zero attached hydrogens (tertiary/aromatic N) is 2. The third kappa shape index (κ3) is 1.38. The number of pyridine rings is 1. The lowest BCUT2D eigenvalue weighted by molar-refractivity contribution is 1.14. The molecule has 2 heterocycles. The molecule has 2 rings (SSSR count). The number of aromatic nitrogens is 2. The van der Waals surface area contributed by atoms with Gasteiger partial charge in [-0.25, -0.2) is 4.98 Å². The predicted octanol–water partition coefficient (Wildman–Crippen LogP) is 3.44. The van der Waals surface area contributed by atoms with Crippen molar-refractivity contribution in [2.24, 2.45) is 0 Å². The first-order chi connectivity index (χ1) is 6.59. The Kier molecular flexibility index (Phi) is 2.19. The van der Waals surface area contributed by atoms with Gasteiger partial charge in [-0.2, -0.15) is 0 Å². The highest BCUT2D eigenvalue weighted by atomic mass is 79.9. The van der Waals surface area contributed by atoms with Crippen LogP contribution in [0.5, 0.6) is 0 Å². The van der Waals surface area contributed by atoms with E-state index in [9.17, 15) is 0 Å². The smallest absolute Gasteiger partial charge is 0.137 e. The molecule has 0 aliphatic rings. The second-order valence-electron chi connectivity index (χ2n) is 3.40. The molecule has 0 amide bonds. The van der Waals surface area contributed by atoms with Crippen molar-refractivity contribution in [2.45, 2.75) is 13.8 Å². The van der Waals surface area contributed by atoms with Crippen LogP contribution in [0.4, 0.5) is 0 Å². The van der Waals surface area contributed by atoms with E-state index in [1.54, 1.807) is 0 Å². The minimum Gasteiger partial charge on any atom is -0.299 e. The highest BCUT2D eigenvalue weighted by molar-refractivity contribution is 9.10. The van der Waals surface area contributed by atoms with Gasteiger partial charge in [-0.3, -0.25) is 4.40 Å². The van der Waals surface area contributed by atoms with E-state index in [2.05, 4.69) is 31.9 Å². The van der Waals surface area contributed by atoms with E-state index in [0.717, 1.165) is 27.1 Å². The van der Waals surface area contributed by atoms with Crippen molar-refractivity contribution in [3.63, 3.8) is 0 Å². The summed E-state index contributed by atoms with van der Waals surface area (Å²) in [5.41, 5.74) is 4.12. The van der Waals surface area contributed by atoms with Crippen LogP contribution in [0.25, 0.3) is 11.2 Å². The van der Waals surface area contributed by atoms with Crippen LogP contribution in [0.1, 0.15) is 18.3 Å². The van der Waals surface area contributed by atoms with Crippen molar-refractivity contribution in [1.82, 2.24) is 9.38 Å². The summed E-state index contributed by atoms with van der Waals surface area (Å²) in [5.74, 6) is 0. The van der Waals surface area contributed by atoms with Gasteiger partial charge in [-0.1, -0.05) is 6.58 Å². The van der Waals surface area contributed by atoms with Crippen LogP contribution in [0.15, 0.2) is 29.4 Å². The Balaban J connectivity index is 2.86. The van der Waals surface area contributed by atoms with Gasteiger partial charge in [0, 0.05) is 10.7 Å². The molecule has 0 N–H and O–H groups in total. The first-order valence-electron chi connectivity index (χ1n) is 4.39. The summed E-state index contributed by atoms with van der Waals surface area (Å²) in [7, 11) is 0. The summed E-state index contributed by atoms with van der Waals surface area (Å²) in [6.45, 7) is 7.96. The van der Waals surface area contributed by atoms with Crippen molar-refractivity contribution < 1.29 is 0 Å². The van der Waals surface area contributed by atoms with Crippen LogP contribution in [0, 0.1) is 6.92 Å². The molecule has 0 bridgehead atoms. The largest absolute Gasteiger partial charge is 0.299 e. The second kappa shape index (κ2) is 3.24. The van der Waals surface area contributed by atoms with Crippen LogP contribution >= 0.6 is 15.9 Å². The Morgan fingerprint density at radius 3 is 2.86 bits per heavy atom. The quantitative estimate of drug-likeness (QED) is 0.758. The molecule has 0 fully saturated rings.